The molecule has 2 saturated carbocycles. The first-order chi connectivity index (χ1) is 16.8. The average molecular weight is 517 g/mol. The van der Waals surface area contributed by atoms with Gasteiger partial charge >= 0.3 is 12.1 Å². The second-order valence-electron chi connectivity index (χ2n) is 11.6. The van der Waals surface area contributed by atoms with Crippen molar-refractivity contribution in [3.63, 3.8) is 0 Å². The Balaban J connectivity index is 1.52. The monoisotopic (exact) mass is 516 g/mol. The molecule has 0 saturated heterocycles. The van der Waals surface area contributed by atoms with Crippen LogP contribution in [0.4, 0.5) is 22.0 Å². The quantitative estimate of drug-likeness (QED) is 0.200. The molecule has 202 valence electrons. The Bertz CT molecular complexity index is 963. The van der Waals surface area contributed by atoms with Gasteiger partial charge in [0.1, 0.15) is 11.9 Å². The van der Waals surface area contributed by atoms with E-state index in [0.29, 0.717) is 12.8 Å². The van der Waals surface area contributed by atoms with Crippen molar-refractivity contribution in [1.82, 2.24) is 0 Å². The lowest BCUT2D eigenvalue weighted by Gasteiger charge is -2.60. The summed E-state index contributed by atoms with van der Waals surface area (Å²) in [7, 11) is 0. The molecule has 3 aliphatic carbocycles. The first-order valence-corrected chi connectivity index (χ1v) is 13.0. The summed E-state index contributed by atoms with van der Waals surface area (Å²) in [5.41, 5.74) is 1.83. The summed E-state index contributed by atoms with van der Waals surface area (Å²) in [6, 6.07) is 5.51. The van der Waals surface area contributed by atoms with E-state index in [1.165, 1.54) is 5.56 Å². The lowest BCUT2D eigenvalue weighted by atomic mass is 9.44. The highest BCUT2D eigenvalue weighted by Gasteiger charge is 2.63. The molecule has 0 heterocycles. The van der Waals surface area contributed by atoms with Gasteiger partial charge in [0, 0.05) is 0 Å². The number of phenols is 1. The Hall–Kier alpha value is -1.67. The van der Waals surface area contributed by atoms with Crippen molar-refractivity contribution < 1.29 is 37.3 Å². The molecule has 0 radical (unpaired) electrons. The predicted molar refractivity (Wildman–Crippen MR) is 127 cm³/mol. The van der Waals surface area contributed by atoms with Crippen LogP contribution in [-0.4, -0.2) is 39.6 Å². The minimum absolute atomic E-state index is 0.0732. The van der Waals surface area contributed by atoms with E-state index in [0.717, 1.165) is 44.1 Å². The molecule has 0 amide bonds. The van der Waals surface area contributed by atoms with Gasteiger partial charge in [0.2, 0.25) is 0 Å². The van der Waals surface area contributed by atoms with Gasteiger partial charge < -0.3 is 15.3 Å². The minimum Gasteiger partial charge on any atom is -0.508 e. The number of halogens is 5. The van der Waals surface area contributed by atoms with Gasteiger partial charge in [-0.1, -0.05) is 38.3 Å². The molecule has 0 spiro atoms. The summed E-state index contributed by atoms with van der Waals surface area (Å²) >= 11 is 0. The Kier molecular flexibility index (Phi) is 7.28. The highest BCUT2D eigenvalue weighted by Crippen LogP contribution is 2.69. The van der Waals surface area contributed by atoms with E-state index in [1.807, 2.05) is 12.1 Å². The van der Waals surface area contributed by atoms with Crippen molar-refractivity contribution >= 4 is 0 Å². The maximum Gasteiger partial charge on any atom is 0.456 e. The van der Waals surface area contributed by atoms with Crippen molar-refractivity contribution in [1.29, 1.82) is 0 Å². The van der Waals surface area contributed by atoms with Gasteiger partial charge in [-0.3, -0.25) is 0 Å². The molecule has 1 aromatic rings. The van der Waals surface area contributed by atoms with E-state index in [-0.39, 0.29) is 40.8 Å². The number of allylic oxidation sites excluding steroid dienone is 1. The number of rotatable bonds is 8. The SMILES string of the molecule is C=CC12CCc3cc(O)ccc3[C@H]1[C@@H](CCCCC[C@@H](O)C(F)(F)C(F)(F)F)C[C@]1(C)[C@@H](O)CC[C@@H]21. The Morgan fingerprint density at radius 1 is 1.14 bits per heavy atom. The summed E-state index contributed by atoms with van der Waals surface area (Å²) in [6.45, 7) is 6.41. The molecule has 1 aromatic carbocycles. The summed E-state index contributed by atoms with van der Waals surface area (Å²) in [6.07, 6.45) is -1.44. The second-order valence-corrected chi connectivity index (χ2v) is 11.6. The fourth-order valence-corrected chi connectivity index (χ4v) is 7.98. The maximum atomic E-state index is 13.3. The fraction of sp³-hybridized carbons (Fsp3) is 0.714. The van der Waals surface area contributed by atoms with Gasteiger partial charge in [-0.05, 0) is 96.8 Å². The third-order valence-corrected chi connectivity index (χ3v) is 9.71. The smallest absolute Gasteiger partial charge is 0.456 e. The van der Waals surface area contributed by atoms with E-state index < -0.39 is 30.7 Å². The normalized spacial score (nSPS) is 35.0. The van der Waals surface area contributed by atoms with Gasteiger partial charge in [0.05, 0.1) is 6.10 Å². The molecule has 8 heteroatoms. The zero-order valence-corrected chi connectivity index (χ0v) is 20.7. The molecular formula is C28H37F5O3. The van der Waals surface area contributed by atoms with Gasteiger partial charge in [0.25, 0.3) is 0 Å². The Morgan fingerprint density at radius 3 is 2.53 bits per heavy atom. The molecule has 2 fully saturated rings. The van der Waals surface area contributed by atoms with Gasteiger partial charge in [-0.15, -0.1) is 6.58 Å². The standard InChI is InChI=1S/C28H37F5O3/c1-3-26-14-13-17-15-19(34)9-10-20(17)24(26)18(16-25(2)21(26)11-12-22(25)35)7-5-4-6-8-23(36)27(29,30)28(31,32)33/h3,9-10,15,18,21-24,34-36H,1,4-8,11-14,16H2,2H3/t18-,21+,22-,23+,24+,25-,26?/m0/s1. The molecule has 1 unspecified atom stereocenters. The van der Waals surface area contributed by atoms with Crippen molar-refractivity contribution in [2.24, 2.45) is 22.7 Å². The molecule has 3 nitrogen and oxygen atoms in total. The minimum atomic E-state index is -5.76. The van der Waals surface area contributed by atoms with Crippen LogP contribution in [0.3, 0.4) is 0 Å². The van der Waals surface area contributed by atoms with E-state index in [4.69, 9.17) is 0 Å². The summed E-state index contributed by atoms with van der Waals surface area (Å²) < 4.78 is 64.2. The van der Waals surface area contributed by atoms with E-state index in [9.17, 15) is 37.3 Å². The molecule has 0 aliphatic heterocycles. The van der Waals surface area contributed by atoms with Crippen molar-refractivity contribution in [3.05, 3.63) is 42.0 Å². The summed E-state index contributed by atoms with van der Waals surface area (Å²) in [5.74, 6) is -4.30. The molecule has 3 aliphatic rings. The molecule has 0 aromatic heterocycles. The van der Waals surface area contributed by atoms with Crippen LogP contribution in [0, 0.1) is 22.7 Å². The third-order valence-electron chi connectivity index (χ3n) is 9.71. The Morgan fingerprint density at radius 2 is 1.86 bits per heavy atom. The number of phenolic OH excluding ortho intramolecular Hbond substituents is 1. The van der Waals surface area contributed by atoms with Crippen LogP contribution in [0.1, 0.15) is 81.8 Å². The van der Waals surface area contributed by atoms with E-state index >= 15 is 0 Å². The summed E-state index contributed by atoms with van der Waals surface area (Å²) in [4.78, 5) is 0. The zero-order valence-electron chi connectivity index (χ0n) is 20.7. The molecule has 7 atom stereocenters. The lowest BCUT2D eigenvalue weighted by Crippen LogP contribution is -2.54. The average Bonchev–Trinajstić information content (AvgIpc) is 3.11. The fourth-order valence-electron chi connectivity index (χ4n) is 7.98. The first-order valence-electron chi connectivity index (χ1n) is 13.0. The van der Waals surface area contributed by atoms with Crippen LogP contribution in [0.25, 0.3) is 0 Å². The Labute approximate surface area is 209 Å². The highest BCUT2D eigenvalue weighted by molar-refractivity contribution is 5.43. The van der Waals surface area contributed by atoms with Crippen LogP contribution >= 0.6 is 0 Å². The number of aromatic hydroxyl groups is 1. The number of fused-ring (bicyclic) bond motifs is 5. The van der Waals surface area contributed by atoms with Crippen LogP contribution in [0.15, 0.2) is 30.9 Å². The number of hydrogen-bond acceptors (Lipinski definition) is 3. The summed E-state index contributed by atoms with van der Waals surface area (Å²) in [5, 5.41) is 30.5. The number of aliphatic hydroxyl groups is 2. The number of alkyl halides is 5. The number of aryl methyl sites for hydroxylation is 1. The highest BCUT2D eigenvalue weighted by atomic mass is 19.4. The first kappa shape index (κ1) is 27.4. The van der Waals surface area contributed by atoms with Gasteiger partial charge in [-0.2, -0.15) is 22.0 Å². The van der Waals surface area contributed by atoms with E-state index in [1.54, 1.807) is 6.07 Å². The second kappa shape index (κ2) is 9.57. The van der Waals surface area contributed by atoms with Crippen LogP contribution in [0.5, 0.6) is 5.75 Å². The van der Waals surface area contributed by atoms with Crippen molar-refractivity contribution in [2.45, 2.75) is 101 Å². The predicted octanol–water partition coefficient (Wildman–Crippen LogP) is 6.90. The molecule has 36 heavy (non-hydrogen) atoms. The zero-order chi connectivity index (χ0) is 26.5. The largest absolute Gasteiger partial charge is 0.508 e. The van der Waals surface area contributed by atoms with Crippen LogP contribution in [-0.2, 0) is 6.42 Å². The molecule has 3 N–H and O–H groups in total. The van der Waals surface area contributed by atoms with Crippen LogP contribution < -0.4 is 0 Å². The maximum absolute atomic E-state index is 13.3. The van der Waals surface area contributed by atoms with Crippen molar-refractivity contribution in [3.8, 4) is 5.75 Å². The molecule has 4 rings (SSSR count). The number of aliphatic hydroxyl groups excluding tert-OH is 2. The topological polar surface area (TPSA) is 60.7 Å². The van der Waals surface area contributed by atoms with Crippen molar-refractivity contribution in [2.75, 3.05) is 0 Å². The van der Waals surface area contributed by atoms with E-state index in [2.05, 4.69) is 19.6 Å². The number of benzene rings is 1. The number of hydrogen-bond donors (Lipinski definition) is 3. The van der Waals surface area contributed by atoms with Crippen LogP contribution in [0.2, 0.25) is 0 Å². The van der Waals surface area contributed by atoms with Gasteiger partial charge in [0.15, 0.2) is 0 Å². The molecule has 0 bridgehead atoms. The third kappa shape index (κ3) is 4.36. The molecular weight excluding hydrogens is 479 g/mol. The lowest BCUT2D eigenvalue weighted by molar-refractivity contribution is -0.313. The van der Waals surface area contributed by atoms with Gasteiger partial charge in [-0.25, -0.2) is 0 Å². The number of unbranched alkanes of at least 4 members (excludes halogenated alkanes) is 2.